The minimum atomic E-state index is -0.219. The second-order valence-corrected chi connectivity index (χ2v) is 3.56. The standard InChI is InChI=1S/C9H14O2/c1-2-5-9-6-3-4-7(10)8(9)11-9/h2,7-8,10H,1,3-6H2/t7-,8+,9-/m0/s1. The Morgan fingerprint density at radius 1 is 1.73 bits per heavy atom. The molecule has 2 heteroatoms. The Labute approximate surface area is 66.9 Å². The van der Waals surface area contributed by atoms with Crippen molar-refractivity contribution in [2.75, 3.05) is 0 Å². The summed E-state index contributed by atoms with van der Waals surface area (Å²) >= 11 is 0. The summed E-state index contributed by atoms with van der Waals surface area (Å²) in [5.41, 5.74) is -0.000579. The van der Waals surface area contributed by atoms with Crippen LogP contribution in [0.15, 0.2) is 12.7 Å². The average Bonchev–Trinajstić information content (AvgIpc) is 2.65. The van der Waals surface area contributed by atoms with E-state index in [-0.39, 0.29) is 17.8 Å². The summed E-state index contributed by atoms with van der Waals surface area (Å²) in [6, 6.07) is 0. The number of hydrogen-bond acceptors (Lipinski definition) is 2. The van der Waals surface area contributed by atoms with Crippen molar-refractivity contribution >= 4 is 0 Å². The van der Waals surface area contributed by atoms with E-state index >= 15 is 0 Å². The number of ether oxygens (including phenoxy) is 1. The molecule has 1 N–H and O–H groups in total. The topological polar surface area (TPSA) is 32.8 Å². The van der Waals surface area contributed by atoms with Gasteiger partial charge in [-0.05, 0) is 25.7 Å². The van der Waals surface area contributed by atoms with Gasteiger partial charge in [0, 0.05) is 0 Å². The fraction of sp³-hybridized carbons (Fsp3) is 0.778. The van der Waals surface area contributed by atoms with Gasteiger partial charge in [-0.25, -0.2) is 0 Å². The van der Waals surface area contributed by atoms with Crippen LogP contribution in [0.2, 0.25) is 0 Å². The summed E-state index contributed by atoms with van der Waals surface area (Å²) in [5, 5.41) is 9.45. The molecule has 62 valence electrons. The first kappa shape index (κ1) is 7.32. The molecule has 2 rings (SSSR count). The van der Waals surface area contributed by atoms with Gasteiger partial charge in [0.05, 0.1) is 6.10 Å². The number of epoxide rings is 1. The Hall–Kier alpha value is -0.340. The van der Waals surface area contributed by atoms with Gasteiger partial charge in [-0.1, -0.05) is 6.08 Å². The maximum atomic E-state index is 9.45. The van der Waals surface area contributed by atoms with Crippen molar-refractivity contribution in [1.29, 1.82) is 0 Å². The van der Waals surface area contributed by atoms with Crippen LogP contribution in [0.25, 0.3) is 0 Å². The van der Waals surface area contributed by atoms with Gasteiger partial charge < -0.3 is 9.84 Å². The predicted molar refractivity (Wildman–Crippen MR) is 42.3 cm³/mol. The lowest BCUT2D eigenvalue weighted by atomic mass is 9.85. The first-order valence-corrected chi connectivity index (χ1v) is 4.25. The second-order valence-electron chi connectivity index (χ2n) is 3.56. The first-order valence-electron chi connectivity index (χ1n) is 4.25. The molecule has 0 aromatic rings. The van der Waals surface area contributed by atoms with E-state index in [4.69, 9.17) is 4.74 Å². The quantitative estimate of drug-likeness (QED) is 0.479. The Bertz CT molecular complexity index is 178. The summed E-state index contributed by atoms with van der Waals surface area (Å²) < 4.78 is 5.50. The van der Waals surface area contributed by atoms with Gasteiger partial charge in [0.15, 0.2) is 0 Å². The number of rotatable bonds is 2. The van der Waals surface area contributed by atoms with Gasteiger partial charge in [0.25, 0.3) is 0 Å². The molecule has 0 aromatic carbocycles. The maximum absolute atomic E-state index is 9.45. The van der Waals surface area contributed by atoms with E-state index in [0.717, 1.165) is 25.7 Å². The first-order chi connectivity index (χ1) is 5.28. The third kappa shape index (κ3) is 1.01. The van der Waals surface area contributed by atoms with E-state index in [2.05, 4.69) is 6.58 Å². The molecule has 1 aliphatic carbocycles. The molecule has 2 aliphatic rings. The van der Waals surface area contributed by atoms with E-state index < -0.39 is 0 Å². The molecular formula is C9H14O2. The Kier molecular flexibility index (Phi) is 1.55. The van der Waals surface area contributed by atoms with Crippen LogP contribution in [0, 0.1) is 0 Å². The lowest BCUT2D eigenvalue weighted by molar-refractivity contribution is 0.122. The molecule has 0 bridgehead atoms. The zero-order chi connectivity index (χ0) is 7.90. The summed E-state index contributed by atoms with van der Waals surface area (Å²) in [6.45, 7) is 3.69. The van der Waals surface area contributed by atoms with Gasteiger partial charge in [0.1, 0.15) is 11.7 Å². The molecule has 0 radical (unpaired) electrons. The second kappa shape index (κ2) is 2.32. The van der Waals surface area contributed by atoms with E-state index in [0.29, 0.717) is 0 Å². The van der Waals surface area contributed by atoms with Crippen LogP contribution in [-0.4, -0.2) is 22.9 Å². The molecule has 0 spiro atoms. The van der Waals surface area contributed by atoms with Crippen LogP contribution in [0.3, 0.4) is 0 Å². The molecule has 2 fully saturated rings. The molecule has 1 aliphatic heterocycles. The molecule has 0 amide bonds. The van der Waals surface area contributed by atoms with E-state index in [1.54, 1.807) is 0 Å². The number of aliphatic hydroxyl groups is 1. The SMILES string of the molecule is C=CC[C@]12CCC[C@H](O)[C@H]1O2. The highest BCUT2D eigenvalue weighted by molar-refractivity contribution is 5.11. The molecule has 0 aromatic heterocycles. The number of fused-ring (bicyclic) bond motifs is 1. The molecule has 3 atom stereocenters. The van der Waals surface area contributed by atoms with Gasteiger partial charge in [0.2, 0.25) is 0 Å². The smallest absolute Gasteiger partial charge is 0.113 e. The fourth-order valence-electron chi connectivity index (χ4n) is 2.12. The van der Waals surface area contributed by atoms with Crippen LogP contribution >= 0.6 is 0 Å². The van der Waals surface area contributed by atoms with Gasteiger partial charge in [-0.15, -0.1) is 6.58 Å². The Balaban J connectivity index is 2.02. The minimum absolute atomic E-state index is 0.000579. The third-order valence-electron chi connectivity index (χ3n) is 2.76. The maximum Gasteiger partial charge on any atom is 0.113 e. The van der Waals surface area contributed by atoms with Crippen molar-refractivity contribution in [3.05, 3.63) is 12.7 Å². The number of aliphatic hydroxyl groups excluding tert-OH is 1. The molecule has 1 heterocycles. The Morgan fingerprint density at radius 3 is 3.27 bits per heavy atom. The van der Waals surface area contributed by atoms with Gasteiger partial charge in [-0.2, -0.15) is 0 Å². The van der Waals surface area contributed by atoms with E-state index in [1.165, 1.54) is 0 Å². The lowest BCUT2D eigenvalue weighted by Gasteiger charge is -2.18. The van der Waals surface area contributed by atoms with Gasteiger partial charge in [-0.3, -0.25) is 0 Å². The zero-order valence-electron chi connectivity index (χ0n) is 6.62. The monoisotopic (exact) mass is 154 g/mol. The predicted octanol–water partition coefficient (Wildman–Crippen LogP) is 1.24. The highest BCUT2D eigenvalue weighted by Gasteiger charge is 2.60. The molecule has 1 saturated heterocycles. The van der Waals surface area contributed by atoms with Crippen LogP contribution in [0.5, 0.6) is 0 Å². The van der Waals surface area contributed by atoms with Crippen molar-refractivity contribution in [3.8, 4) is 0 Å². The van der Waals surface area contributed by atoms with Crippen molar-refractivity contribution in [2.45, 2.75) is 43.5 Å². The largest absolute Gasteiger partial charge is 0.390 e. The van der Waals surface area contributed by atoms with Crippen LogP contribution in [0.4, 0.5) is 0 Å². The van der Waals surface area contributed by atoms with Crippen molar-refractivity contribution < 1.29 is 9.84 Å². The minimum Gasteiger partial charge on any atom is -0.390 e. The zero-order valence-corrected chi connectivity index (χ0v) is 6.62. The lowest BCUT2D eigenvalue weighted by Crippen LogP contribution is -2.29. The fourth-order valence-corrected chi connectivity index (χ4v) is 2.12. The van der Waals surface area contributed by atoms with Gasteiger partial charge >= 0.3 is 0 Å². The van der Waals surface area contributed by atoms with E-state index in [1.807, 2.05) is 6.08 Å². The normalized spacial score (nSPS) is 48.1. The van der Waals surface area contributed by atoms with Crippen LogP contribution in [-0.2, 0) is 4.74 Å². The van der Waals surface area contributed by atoms with Crippen molar-refractivity contribution in [1.82, 2.24) is 0 Å². The Morgan fingerprint density at radius 2 is 2.55 bits per heavy atom. The highest BCUT2D eigenvalue weighted by Crippen LogP contribution is 2.50. The van der Waals surface area contributed by atoms with Crippen molar-refractivity contribution in [2.24, 2.45) is 0 Å². The summed E-state index contributed by atoms with van der Waals surface area (Å²) in [7, 11) is 0. The van der Waals surface area contributed by atoms with Crippen LogP contribution < -0.4 is 0 Å². The summed E-state index contributed by atoms with van der Waals surface area (Å²) in [5.74, 6) is 0. The van der Waals surface area contributed by atoms with E-state index in [9.17, 15) is 5.11 Å². The summed E-state index contributed by atoms with van der Waals surface area (Å²) in [4.78, 5) is 0. The molecule has 11 heavy (non-hydrogen) atoms. The average molecular weight is 154 g/mol. The van der Waals surface area contributed by atoms with Crippen LogP contribution in [0.1, 0.15) is 25.7 Å². The number of hydrogen-bond donors (Lipinski definition) is 1. The molecule has 0 unspecified atom stereocenters. The van der Waals surface area contributed by atoms with Crippen molar-refractivity contribution in [3.63, 3.8) is 0 Å². The summed E-state index contributed by atoms with van der Waals surface area (Å²) in [6.07, 6.45) is 5.78. The third-order valence-corrected chi connectivity index (χ3v) is 2.76. The highest BCUT2D eigenvalue weighted by atomic mass is 16.6. The molecular weight excluding hydrogens is 140 g/mol. The molecule has 2 nitrogen and oxygen atoms in total. The molecule has 1 saturated carbocycles.